The zero-order valence-corrected chi connectivity index (χ0v) is 11.6. The third-order valence-electron chi connectivity index (χ3n) is 3.16. The standard InChI is InChI=1S/C15H14N2O2S/c18-20(19,11-10-12-6-2-1-3-7-12)15-16-13-8-4-5-9-14(13)17-15/h1-9H,10-11H2,(H,16,17). The van der Waals surface area contributed by atoms with Crippen LogP contribution in [-0.4, -0.2) is 24.1 Å². The average molecular weight is 286 g/mol. The molecule has 0 radical (unpaired) electrons. The number of fused-ring (bicyclic) bond motifs is 1. The molecule has 0 aliphatic rings. The zero-order valence-electron chi connectivity index (χ0n) is 10.8. The Morgan fingerprint density at radius 1 is 0.950 bits per heavy atom. The molecule has 3 rings (SSSR count). The van der Waals surface area contributed by atoms with E-state index in [-0.39, 0.29) is 10.9 Å². The Morgan fingerprint density at radius 2 is 1.65 bits per heavy atom. The minimum absolute atomic E-state index is 0.0506. The van der Waals surface area contributed by atoms with Crippen molar-refractivity contribution in [3.8, 4) is 0 Å². The van der Waals surface area contributed by atoms with Crippen molar-refractivity contribution in [1.29, 1.82) is 0 Å². The number of imidazole rings is 1. The Balaban J connectivity index is 1.84. The summed E-state index contributed by atoms with van der Waals surface area (Å²) in [6, 6.07) is 16.9. The van der Waals surface area contributed by atoms with E-state index < -0.39 is 9.84 Å². The molecule has 0 spiro atoms. The number of nitrogens with zero attached hydrogens (tertiary/aromatic N) is 1. The second kappa shape index (κ2) is 5.09. The molecule has 102 valence electrons. The highest BCUT2D eigenvalue weighted by Gasteiger charge is 2.18. The summed E-state index contributed by atoms with van der Waals surface area (Å²) in [5.74, 6) is 0.0524. The lowest BCUT2D eigenvalue weighted by atomic mass is 10.2. The summed E-state index contributed by atoms with van der Waals surface area (Å²) in [5.41, 5.74) is 2.42. The molecule has 1 heterocycles. The summed E-state index contributed by atoms with van der Waals surface area (Å²) < 4.78 is 24.6. The first-order chi connectivity index (χ1) is 9.65. The number of rotatable bonds is 4. The lowest BCUT2D eigenvalue weighted by molar-refractivity contribution is 0.588. The van der Waals surface area contributed by atoms with Crippen molar-refractivity contribution in [1.82, 2.24) is 9.97 Å². The normalized spacial score (nSPS) is 11.8. The predicted molar refractivity (Wildman–Crippen MR) is 78.3 cm³/mol. The molecular formula is C15H14N2O2S. The van der Waals surface area contributed by atoms with Gasteiger partial charge in [-0.05, 0) is 24.1 Å². The first-order valence-corrected chi connectivity index (χ1v) is 8.02. The van der Waals surface area contributed by atoms with Crippen LogP contribution in [0.1, 0.15) is 5.56 Å². The number of hydrogen-bond donors (Lipinski definition) is 1. The molecule has 0 unspecified atom stereocenters. The fraction of sp³-hybridized carbons (Fsp3) is 0.133. The topological polar surface area (TPSA) is 62.8 Å². The van der Waals surface area contributed by atoms with Gasteiger partial charge >= 0.3 is 0 Å². The van der Waals surface area contributed by atoms with Crippen molar-refractivity contribution in [2.45, 2.75) is 11.6 Å². The maximum absolute atomic E-state index is 12.3. The van der Waals surface area contributed by atoms with E-state index >= 15 is 0 Å². The quantitative estimate of drug-likeness (QED) is 0.801. The molecule has 0 atom stereocenters. The van der Waals surface area contributed by atoms with Crippen LogP contribution < -0.4 is 0 Å². The second-order valence-electron chi connectivity index (χ2n) is 4.61. The van der Waals surface area contributed by atoms with Gasteiger partial charge in [0.1, 0.15) is 0 Å². The SMILES string of the molecule is O=S(=O)(CCc1ccccc1)c1nc2ccccc2[nH]1. The highest BCUT2D eigenvalue weighted by atomic mass is 32.2. The summed E-state index contributed by atoms with van der Waals surface area (Å²) >= 11 is 0. The van der Waals surface area contributed by atoms with Gasteiger partial charge in [-0.2, -0.15) is 0 Å². The number of nitrogens with one attached hydrogen (secondary N) is 1. The molecule has 2 aromatic carbocycles. The fourth-order valence-electron chi connectivity index (χ4n) is 2.07. The Kier molecular flexibility index (Phi) is 3.28. The summed E-state index contributed by atoms with van der Waals surface area (Å²) in [6.07, 6.45) is 0.486. The van der Waals surface area contributed by atoms with Crippen LogP contribution in [0, 0.1) is 0 Å². The van der Waals surface area contributed by atoms with E-state index in [4.69, 9.17) is 0 Å². The van der Waals surface area contributed by atoms with Gasteiger partial charge in [0.15, 0.2) is 0 Å². The summed E-state index contributed by atoms with van der Waals surface area (Å²) in [5, 5.41) is 0.0506. The minimum atomic E-state index is -3.39. The molecule has 1 aromatic heterocycles. The number of sulfone groups is 1. The molecule has 0 aliphatic heterocycles. The molecule has 5 heteroatoms. The summed E-state index contributed by atoms with van der Waals surface area (Å²) in [4.78, 5) is 7.03. The van der Waals surface area contributed by atoms with Gasteiger partial charge in [-0.15, -0.1) is 0 Å². The molecule has 1 N–H and O–H groups in total. The van der Waals surface area contributed by atoms with Crippen LogP contribution in [0.15, 0.2) is 59.8 Å². The van der Waals surface area contributed by atoms with Gasteiger partial charge < -0.3 is 4.98 Å². The highest BCUT2D eigenvalue weighted by molar-refractivity contribution is 7.91. The predicted octanol–water partition coefficient (Wildman–Crippen LogP) is 2.58. The zero-order chi connectivity index (χ0) is 14.0. The summed E-state index contributed by atoms with van der Waals surface area (Å²) in [6.45, 7) is 0. The Hall–Kier alpha value is -2.14. The van der Waals surface area contributed by atoms with Crippen LogP contribution in [0.3, 0.4) is 0 Å². The molecule has 4 nitrogen and oxygen atoms in total. The smallest absolute Gasteiger partial charge is 0.226 e. The molecule has 0 saturated carbocycles. The number of benzene rings is 2. The van der Waals surface area contributed by atoms with E-state index in [0.717, 1.165) is 11.1 Å². The maximum Gasteiger partial charge on any atom is 0.226 e. The molecule has 20 heavy (non-hydrogen) atoms. The third kappa shape index (κ3) is 2.58. The van der Waals surface area contributed by atoms with Crippen molar-refractivity contribution in [3.05, 3.63) is 60.2 Å². The largest absolute Gasteiger partial charge is 0.329 e. The number of aromatic nitrogens is 2. The fourth-order valence-corrected chi connectivity index (χ4v) is 3.27. The Labute approximate surface area is 117 Å². The van der Waals surface area contributed by atoms with Crippen molar-refractivity contribution in [2.24, 2.45) is 0 Å². The highest BCUT2D eigenvalue weighted by Crippen LogP contribution is 2.15. The van der Waals surface area contributed by atoms with E-state index in [1.54, 1.807) is 6.07 Å². The van der Waals surface area contributed by atoms with Crippen LogP contribution in [0.4, 0.5) is 0 Å². The number of aromatic amines is 1. The third-order valence-corrected chi connectivity index (χ3v) is 4.69. The lowest BCUT2D eigenvalue weighted by Gasteiger charge is -2.01. The molecule has 0 saturated heterocycles. The molecule has 0 bridgehead atoms. The van der Waals surface area contributed by atoms with Gasteiger partial charge in [0, 0.05) is 0 Å². The molecule has 0 aliphatic carbocycles. The van der Waals surface area contributed by atoms with E-state index in [2.05, 4.69) is 9.97 Å². The second-order valence-corrected chi connectivity index (χ2v) is 6.64. The van der Waals surface area contributed by atoms with E-state index in [0.29, 0.717) is 11.9 Å². The van der Waals surface area contributed by atoms with Gasteiger partial charge in [-0.25, -0.2) is 13.4 Å². The minimum Gasteiger partial charge on any atom is -0.329 e. The average Bonchev–Trinajstić information content (AvgIpc) is 2.91. The van der Waals surface area contributed by atoms with Crippen LogP contribution in [0.2, 0.25) is 0 Å². The first kappa shape index (κ1) is 12.9. The van der Waals surface area contributed by atoms with Gasteiger partial charge in [0.2, 0.25) is 15.0 Å². The van der Waals surface area contributed by atoms with Gasteiger partial charge in [-0.3, -0.25) is 0 Å². The number of aryl methyl sites for hydroxylation is 1. The van der Waals surface area contributed by atoms with E-state index in [9.17, 15) is 8.42 Å². The van der Waals surface area contributed by atoms with Crippen molar-refractivity contribution >= 4 is 20.9 Å². The monoisotopic (exact) mass is 286 g/mol. The first-order valence-electron chi connectivity index (χ1n) is 6.36. The molecular weight excluding hydrogens is 272 g/mol. The number of H-pyrrole nitrogens is 1. The van der Waals surface area contributed by atoms with Gasteiger partial charge in [0.05, 0.1) is 16.8 Å². The summed E-state index contributed by atoms with van der Waals surface area (Å²) in [7, 11) is -3.39. The number of hydrogen-bond acceptors (Lipinski definition) is 3. The van der Waals surface area contributed by atoms with Gasteiger partial charge in [0.25, 0.3) is 0 Å². The molecule has 0 amide bonds. The van der Waals surface area contributed by atoms with Crippen molar-refractivity contribution < 1.29 is 8.42 Å². The molecule has 0 fully saturated rings. The maximum atomic E-state index is 12.3. The van der Waals surface area contributed by atoms with Crippen LogP contribution in [0.5, 0.6) is 0 Å². The van der Waals surface area contributed by atoms with Gasteiger partial charge in [-0.1, -0.05) is 42.5 Å². The van der Waals surface area contributed by atoms with E-state index in [1.165, 1.54) is 0 Å². The van der Waals surface area contributed by atoms with Crippen molar-refractivity contribution in [2.75, 3.05) is 5.75 Å². The van der Waals surface area contributed by atoms with E-state index in [1.807, 2.05) is 48.5 Å². The Morgan fingerprint density at radius 3 is 2.40 bits per heavy atom. The Bertz CT molecular complexity index is 790. The van der Waals surface area contributed by atoms with Crippen LogP contribution >= 0.6 is 0 Å². The van der Waals surface area contributed by atoms with Crippen LogP contribution in [-0.2, 0) is 16.3 Å². The molecule has 3 aromatic rings. The number of para-hydroxylation sites is 2. The lowest BCUT2D eigenvalue weighted by Crippen LogP contribution is -2.10. The van der Waals surface area contributed by atoms with Crippen LogP contribution in [0.25, 0.3) is 11.0 Å². The van der Waals surface area contributed by atoms with Crippen molar-refractivity contribution in [3.63, 3.8) is 0 Å².